The smallest absolute Gasteiger partial charge is 0.337 e. The van der Waals surface area contributed by atoms with Crippen LogP contribution < -0.4 is 0 Å². The van der Waals surface area contributed by atoms with Crippen molar-refractivity contribution in [1.82, 2.24) is 4.98 Å². The average Bonchev–Trinajstić information content (AvgIpc) is 2.58. The van der Waals surface area contributed by atoms with Gasteiger partial charge in [0.05, 0.1) is 18.8 Å². The standard InChI is InChI=1S/C11H13NO3/c13-11(14)9-7-4-15-5-8(7)12-10(9)6-2-1-3-6/h6,12H,1-5H2,(H,13,14). The first-order chi connectivity index (χ1) is 7.27. The van der Waals surface area contributed by atoms with Gasteiger partial charge in [-0.05, 0) is 18.8 Å². The summed E-state index contributed by atoms with van der Waals surface area (Å²) < 4.78 is 5.24. The number of carboxylic acids is 1. The number of ether oxygens (including phenoxy) is 1. The van der Waals surface area contributed by atoms with Crippen LogP contribution in [0.2, 0.25) is 0 Å². The molecule has 0 atom stereocenters. The van der Waals surface area contributed by atoms with Crippen LogP contribution >= 0.6 is 0 Å². The summed E-state index contributed by atoms with van der Waals surface area (Å²) >= 11 is 0. The Morgan fingerprint density at radius 1 is 1.40 bits per heavy atom. The molecule has 0 spiro atoms. The lowest BCUT2D eigenvalue weighted by Crippen LogP contribution is -2.14. The molecule has 1 fully saturated rings. The van der Waals surface area contributed by atoms with E-state index in [0.29, 0.717) is 24.7 Å². The molecule has 3 rings (SSSR count). The molecule has 0 bridgehead atoms. The van der Waals surface area contributed by atoms with Crippen LogP contribution in [-0.4, -0.2) is 16.1 Å². The lowest BCUT2D eigenvalue weighted by atomic mass is 9.81. The normalized spacial score (nSPS) is 20.0. The zero-order chi connectivity index (χ0) is 10.4. The third-order valence-electron chi connectivity index (χ3n) is 3.44. The quantitative estimate of drug-likeness (QED) is 0.779. The van der Waals surface area contributed by atoms with Gasteiger partial charge in [0.1, 0.15) is 0 Å². The van der Waals surface area contributed by atoms with Crippen LogP contribution in [0.3, 0.4) is 0 Å². The summed E-state index contributed by atoms with van der Waals surface area (Å²) in [4.78, 5) is 14.5. The molecule has 2 heterocycles. The van der Waals surface area contributed by atoms with Gasteiger partial charge in [-0.15, -0.1) is 0 Å². The summed E-state index contributed by atoms with van der Waals surface area (Å²) in [5.41, 5.74) is 3.24. The Hall–Kier alpha value is -1.29. The fourth-order valence-corrected chi connectivity index (χ4v) is 2.40. The Morgan fingerprint density at radius 2 is 2.20 bits per heavy atom. The van der Waals surface area contributed by atoms with Crippen molar-refractivity contribution >= 4 is 5.97 Å². The van der Waals surface area contributed by atoms with Gasteiger partial charge >= 0.3 is 5.97 Å². The Kier molecular flexibility index (Phi) is 1.85. The second-order valence-corrected chi connectivity index (χ2v) is 4.30. The first-order valence-corrected chi connectivity index (χ1v) is 5.32. The van der Waals surface area contributed by atoms with E-state index in [1.54, 1.807) is 0 Å². The van der Waals surface area contributed by atoms with Crippen LogP contribution in [0.25, 0.3) is 0 Å². The predicted molar refractivity (Wildman–Crippen MR) is 52.8 cm³/mol. The fraction of sp³-hybridized carbons (Fsp3) is 0.545. The molecule has 0 amide bonds. The highest BCUT2D eigenvalue weighted by atomic mass is 16.5. The Morgan fingerprint density at radius 3 is 2.80 bits per heavy atom. The number of aromatic nitrogens is 1. The van der Waals surface area contributed by atoms with Crippen LogP contribution in [-0.2, 0) is 18.0 Å². The van der Waals surface area contributed by atoms with Crippen molar-refractivity contribution in [3.05, 3.63) is 22.5 Å². The van der Waals surface area contributed by atoms with Crippen molar-refractivity contribution in [2.45, 2.75) is 38.4 Å². The largest absolute Gasteiger partial charge is 0.478 e. The number of nitrogens with one attached hydrogen (secondary N) is 1. The van der Waals surface area contributed by atoms with E-state index in [1.165, 1.54) is 6.42 Å². The molecule has 2 N–H and O–H groups in total. The molecule has 2 aliphatic rings. The molecule has 80 valence electrons. The van der Waals surface area contributed by atoms with Crippen LogP contribution in [0.5, 0.6) is 0 Å². The molecule has 0 aromatic carbocycles. The van der Waals surface area contributed by atoms with Crippen LogP contribution in [0.4, 0.5) is 0 Å². The third-order valence-corrected chi connectivity index (χ3v) is 3.44. The number of hydrogen-bond acceptors (Lipinski definition) is 2. The number of hydrogen-bond donors (Lipinski definition) is 2. The molecular weight excluding hydrogens is 194 g/mol. The number of carboxylic acid groups (broad SMARTS) is 1. The summed E-state index contributed by atoms with van der Waals surface area (Å²) in [7, 11) is 0. The molecule has 0 saturated heterocycles. The molecule has 4 nitrogen and oxygen atoms in total. The van der Waals surface area contributed by atoms with Crippen molar-refractivity contribution in [1.29, 1.82) is 0 Å². The van der Waals surface area contributed by atoms with E-state index in [-0.39, 0.29) is 0 Å². The summed E-state index contributed by atoms with van der Waals surface area (Å²) in [5.74, 6) is -0.387. The molecule has 0 radical (unpaired) electrons. The van der Waals surface area contributed by atoms with Gasteiger partial charge in [0.25, 0.3) is 0 Å². The maximum absolute atomic E-state index is 11.2. The van der Waals surface area contributed by atoms with E-state index in [2.05, 4.69) is 4.98 Å². The molecule has 1 aromatic heterocycles. The lowest BCUT2D eigenvalue weighted by molar-refractivity contribution is 0.0688. The minimum Gasteiger partial charge on any atom is -0.478 e. The maximum atomic E-state index is 11.2. The Balaban J connectivity index is 2.09. The van der Waals surface area contributed by atoms with E-state index in [1.807, 2.05) is 0 Å². The molecule has 1 aliphatic carbocycles. The van der Waals surface area contributed by atoms with Crippen molar-refractivity contribution < 1.29 is 14.6 Å². The summed E-state index contributed by atoms with van der Waals surface area (Å²) in [6.45, 7) is 0.975. The first kappa shape index (κ1) is 8.97. The van der Waals surface area contributed by atoms with Gasteiger partial charge < -0.3 is 14.8 Å². The predicted octanol–water partition coefficient (Wildman–Crippen LogP) is 2.01. The van der Waals surface area contributed by atoms with E-state index in [0.717, 1.165) is 29.8 Å². The van der Waals surface area contributed by atoms with Crippen molar-refractivity contribution in [3.8, 4) is 0 Å². The number of aromatic carboxylic acids is 1. The molecule has 15 heavy (non-hydrogen) atoms. The summed E-state index contributed by atoms with van der Waals surface area (Å²) in [5, 5.41) is 9.21. The number of aromatic amines is 1. The molecule has 0 unspecified atom stereocenters. The zero-order valence-electron chi connectivity index (χ0n) is 8.38. The molecule has 1 saturated carbocycles. The van der Waals surface area contributed by atoms with Gasteiger partial charge in [0.2, 0.25) is 0 Å². The molecule has 1 aromatic rings. The first-order valence-electron chi connectivity index (χ1n) is 5.32. The van der Waals surface area contributed by atoms with Crippen LogP contribution in [0, 0.1) is 0 Å². The van der Waals surface area contributed by atoms with Gasteiger partial charge in [-0.3, -0.25) is 0 Å². The topological polar surface area (TPSA) is 62.3 Å². The van der Waals surface area contributed by atoms with Gasteiger partial charge in [-0.2, -0.15) is 0 Å². The van der Waals surface area contributed by atoms with Gasteiger partial charge in [0, 0.05) is 17.0 Å². The second-order valence-electron chi connectivity index (χ2n) is 4.30. The number of H-pyrrole nitrogens is 1. The van der Waals surface area contributed by atoms with Gasteiger partial charge in [-0.1, -0.05) is 6.42 Å². The minimum absolute atomic E-state index is 0.432. The van der Waals surface area contributed by atoms with E-state index in [4.69, 9.17) is 4.74 Å². The fourth-order valence-electron chi connectivity index (χ4n) is 2.40. The summed E-state index contributed by atoms with van der Waals surface area (Å²) in [6.07, 6.45) is 3.44. The number of fused-ring (bicyclic) bond motifs is 1. The van der Waals surface area contributed by atoms with Crippen LogP contribution in [0.15, 0.2) is 0 Å². The molecule has 1 aliphatic heterocycles. The number of rotatable bonds is 2. The van der Waals surface area contributed by atoms with Crippen LogP contribution in [0.1, 0.15) is 52.5 Å². The summed E-state index contributed by atoms with van der Waals surface area (Å²) in [6, 6.07) is 0. The highest BCUT2D eigenvalue weighted by molar-refractivity contribution is 5.91. The SMILES string of the molecule is O=C(O)c1c(C2CCC2)[nH]c2c1COC2. The Labute approximate surface area is 87.3 Å². The molecule has 4 heteroatoms. The Bertz CT molecular complexity index is 418. The molecular formula is C11H13NO3. The second kappa shape index (κ2) is 3.10. The van der Waals surface area contributed by atoms with Crippen molar-refractivity contribution in [2.75, 3.05) is 0 Å². The van der Waals surface area contributed by atoms with E-state index in [9.17, 15) is 9.90 Å². The highest BCUT2D eigenvalue weighted by Crippen LogP contribution is 2.40. The van der Waals surface area contributed by atoms with E-state index >= 15 is 0 Å². The van der Waals surface area contributed by atoms with Crippen molar-refractivity contribution in [2.24, 2.45) is 0 Å². The monoisotopic (exact) mass is 207 g/mol. The maximum Gasteiger partial charge on any atom is 0.337 e. The third kappa shape index (κ3) is 1.21. The lowest BCUT2D eigenvalue weighted by Gasteiger charge is -2.25. The highest BCUT2D eigenvalue weighted by Gasteiger charge is 2.32. The van der Waals surface area contributed by atoms with E-state index < -0.39 is 5.97 Å². The number of carbonyl (C=O) groups is 1. The zero-order valence-corrected chi connectivity index (χ0v) is 8.38. The average molecular weight is 207 g/mol. The minimum atomic E-state index is -0.820. The van der Waals surface area contributed by atoms with Gasteiger partial charge in [0.15, 0.2) is 0 Å². The van der Waals surface area contributed by atoms with Gasteiger partial charge in [-0.25, -0.2) is 4.79 Å². The van der Waals surface area contributed by atoms with Crippen molar-refractivity contribution in [3.63, 3.8) is 0 Å².